The SMILES string of the molecule is Cc1ccnc2oc(-c3ccc(F)c(F)c3)nc12. The molecule has 0 saturated heterocycles. The van der Waals surface area contributed by atoms with Crippen LogP contribution in [0, 0.1) is 18.6 Å². The molecule has 0 atom stereocenters. The smallest absolute Gasteiger partial charge is 0.247 e. The highest BCUT2D eigenvalue weighted by atomic mass is 19.2. The van der Waals surface area contributed by atoms with E-state index in [1.165, 1.54) is 6.07 Å². The van der Waals surface area contributed by atoms with E-state index in [0.717, 1.165) is 17.7 Å². The second kappa shape index (κ2) is 3.87. The second-order valence-corrected chi connectivity index (χ2v) is 3.93. The van der Waals surface area contributed by atoms with E-state index >= 15 is 0 Å². The zero-order valence-corrected chi connectivity index (χ0v) is 9.45. The van der Waals surface area contributed by atoms with E-state index in [1.807, 2.05) is 6.92 Å². The van der Waals surface area contributed by atoms with Crippen LogP contribution in [0.15, 0.2) is 34.9 Å². The maximum absolute atomic E-state index is 13.1. The van der Waals surface area contributed by atoms with Crippen LogP contribution in [0.1, 0.15) is 5.56 Å². The van der Waals surface area contributed by atoms with Crippen LogP contribution in [-0.4, -0.2) is 9.97 Å². The Balaban J connectivity index is 2.19. The third-order valence-electron chi connectivity index (χ3n) is 2.67. The molecule has 3 aromatic rings. The number of oxazole rings is 1. The molecule has 0 aliphatic carbocycles. The first-order chi connectivity index (χ1) is 8.65. The summed E-state index contributed by atoms with van der Waals surface area (Å²) >= 11 is 0. The largest absolute Gasteiger partial charge is 0.418 e. The second-order valence-electron chi connectivity index (χ2n) is 3.93. The standard InChI is InChI=1S/C13H8F2N2O/c1-7-4-5-16-13-11(7)17-12(18-13)8-2-3-9(14)10(15)6-8/h2-6H,1H3. The number of hydrogen-bond acceptors (Lipinski definition) is 3. The first-order valence-electron chi connectivity index (χ1n) is 5.33. The summed E-state index contributed by atoms with van der Waals surface area (Å²) < 4.78 is 31.4. The number of benzene rings is 1. The van der Waals surface area contributed by atoms with Crippen molar-refractivity contribution in [1.29, 1.82) is 0 Å². The van der Waals surface area contributed by atoms with Crippen molar-refractivity contribution in [3.05, 3.63) is 47.7 Å². The predicted octanol–water partition coefficient (Wildman–Crippen LogP) is 3.48. The molecule has 18 heavy (non-hydrogen) atoms. The van der Waals surface area contributed by atoms with Gasteiger partial charge in [0.25, 0.3) is 0 Å². The third kappa shape index (κ3) is 1.64. The van der Waals surface area contributed by atoms with Crippen LogP contribution in [0.4, 0.5) is 8.78 Å². The van der Waals surface area contributed by atoms with Crippen LogP contribution in [-0.2, 0) is 0 Å². The predicted molar refractivity (Wildman–Crippen MR) is 61.9 cm³/mol. The lowest BCUT2D eigenvalue weighted by Crippen LogP contribution is -1.85. The monoisotopic (exact) mass is 246 g/mol. The number of pyridine rings is 1. The number of halogens is 2. The number of aromatic nitrogens is 2. The summed E-state index contributed by atoms with van der Waals surface area (Å²) in [5.41, 5.74) is 2.30. The lowest BCUT2D eigenvalue weighted by molar-refractivity contribution is 0.508. The van der Waals surface area contributed by atoms with Crippen molar-refractivity contribution < 1.29 is 13.2 Å². The molecule has 2 heterocycles. The van der Waals surface area contributed by atoms with Gasteiger partial charge in [0, 0.05) is 11.8 Å². The Bertz CT molecular complexity index is 737. The molecule has 0 N–H and O–H groups in total. The maximum atomic E-state index is 13.1. The Kier molecular flexibility index (Phi) is 2.33. The molecular formula is C13H8F2N2O. The van der Waals surface area contributed by atoms with Gasteiger partial charge in [-0.15, -0.1) is 0 Å². The molecule has 1 aromatic carbocycles. The Morgan fingerprint density at radius 3 is 2.67 bits per heavy atom. The first kappa shape index (κ1) is 10.8. The van der Waals surface area contributed by atoms with Gasteiger partial charge in [0.05, 0.1) is 0 Å². The van der Waals surface area contributed by atoms with Gasteiger partial charge < -0.3 is 4.42 Å². The molecule has 0 saturated carbocycles. The van der Waals surface area contributed by atoms with E-state index in [2.05, 4.69) is 9.97 Å². The third-order valence-corrected chi connectivity index (χ3v) is 2.67. The molecule has 3 rings (SSSR count). The minimum atomic E-state index is -0.931. The van der Waals surface area contributed by atoms with Crippen LogP contribution in [0.5, 0.6) is 0 Å². The summed E-state index contributed by atoms with van der Waals surface area (Å²) in [6, 6.07) is 5.31. The molecule has 0 amide bonds. The van der Waals surface area contributed by atoms with Crippen LogP contribution in [0.25, 0.3) is 22.7 Å². The summed E-state index contributed by atoms with van der Waals surface area (Å²) in [5.74, 6) is -1.60. The first-order valence-corrected chi connectivity index (χ1v) is 5.33. The Morgan fingerprint density at radius 1 is 1.11 bits per heavy atom. The van der Waals surface area contributed by atoms with Crippen LogP contribution in [0.3, 0.4) is 0 Å². The van der Waals surface area contributed by atoms with Crippen LogP contribution < -0.4 is 0 Å². The molecule has 90 valence electrons. The Hall–Kier alpha value is -2.30. The van der Waals surface area contributed by atoms with Crippen molar-refractivity contribution in [2.24, 2.45) is 0 Å². The average molecular weight is 246 g/mol. The molecule has 0 unspecified atom stereocenters. The van der Waals surface area contributed by atoms with E-state index in [9.17, 15) is 8.78 Å². The summed E-state index contributed by atoms with van der Waals surface area (Å²) in [6.45, 7) is 1.88. The van der Waals surface area contributed by atoms with Gasteiger partial charge in [-0.05, 0) is 36.8 Å². The summed E-state index contributed by atoms with van der Waals surface area (Å²) in [7, 11) is 0. The minimum Gasteiger partial charge on any atom is -0.418 e. The van der Waals surface area contributed by atoms with Crippen molar-refractivity contribution in [2.45, 2.75) is 6.92 Å². The quantitative estimate of drug-likeness (QED) is 0.659. The molecule has 2 aromatic heterocycles. The number of aryl methyl sites for hydroxylation is 1. The normalized spacial score (nSPS) is 11.1. The zero-order chi connectivity index (χ0) is 12.7. The van der Waals surface area contributed by atoms with Gasteiger partial charge in [-0.3, -0.25) is 0 Å². The molecule has 0 bridgehead atoms. The highest BCUT2D eigenvalue weighted by molar-refractivity contribution is 5.75. The summed E-state index contributed by atoms with van der Waals surface area (Å²) in [5, 5.41) is 0. The molecule has 0 aliphatic rings. The van der Waals surface area contributed by atoms with Gasteiger partial charge >= 0.3 is 0 Å². The van der Waals surface area contributed by atoms with Gasteiger partial charge in [0.1, 0.15) is 5.52 Å². The van der Waals surface area contributed by atoms with Crippen molar-refractivity contribution >= 4 is 11.2 Å². The average Bonchev–Trinajstić information content (AvgIpc) is 2.78. The topological polar surface area (TPSA) is 38.9 Å². The Morgan fingerprint density at radius 2 is 1.94 bits per heavy atom. The lowest BCUT2D eigenvalue weighted by Gasteiger charge is -1.95. The van der Waals surface area contributed by atoms with Gasteiger partial charge in [-0.25, -0.2) is 18.7 Å². The van der Waals surface area contributed by atoms with Crippen molar-refractivity contribution in [2.75, 3.05) is 0 Å². The number of hydrogen-bond donors (Lipinski definition) is 0. The van der Waals surface area contributed by atoms with Crippen LogP contribution >= 0.6 is 0 Å². The fourth-order valence-corrected chi connectivity index (χ4v) is 1.70. The van der Waals surface area contributed by atoms with E-state index in [1.54, 1.807) is 12.3 Å². The van der Waals surface area contributed by atoms with Crippen LogP contribution in [0.2, 0.25) is 0 Å². The van der Waals surface area contributed by atoms with E-state index in [-0.39, 0.29) is 5.89 Å². The number of fused-ring (bicyclic) bond motifs is 1. The van der Waals surface area contributed by atoms with E-state index in [4.69, 9.17) is 4.42 Å². The summed E-state index contributed by atoms with van der Waals surface area (Å²) in [6.07, 6.45) is 1.61. The molecule has 0 fully saturated rings. The molecule has 5 heteroatoms. The van der Waals surface area contributed by atoms with Gasteiger partial charge in [0.15, 0.2) is 11.6 Å². The summed E-state index contributed by atoms with van der Waals surface area (Å²) in [4.78, 5) is 8.27. The minimum absolute atomic E-state index is 0.228. The molecule has 0 spiro atoms. The molecule has 0 aliphatic heterocycles. The van der Waals surface area contributed by atoms with Gasteiger partial charge in [0.2, 0.25) is 11.6 Å². The van der Waals surface area contributed by atoms with Crippen molar-refractivity contribution in [3.63, 3.8) is 0 Å². The Labute approximate surface area is 101 Å². The van der Waals surface area contributed by atoms with E-state index < -0.39 is 11.6 Å². The van der Waals surface area contributed by atoms with E-state index in [0.29, 0.717) is 16.8 Å². The number of rotatable bonds is 1. The highest BCUT2D eigenvalue weighted by Gasteiger charge is 2.12. The van der Waals surface area contributed by atoms with Crippen molar-refractivity contribution in [3.8, 4) is 11.5 Å². The lowest BCUT2D eigenvalue weighted by atomic mass is 10.2. The zero-order valence-electron chi connectivity index (χ0n) is 9.45. The van der Waals surface area contributed by atoms with Gasteiger partial charge in [-0.1, -0.05) is 0 Å². The van der Waals surface area contributed by atoms with Gasteiger partial charge in [-0.2, -0.15) is 0 Å². The van der Waals surface area contributed by atoms with Crippen molar-refractivity contribution in [1.82, 2.24) is 9.97 Å². The molecular weight excluding hydrogens is 238 g/mol. The fraction of sp³-hybridized carbons (Fsp3) is 0.0769. The molecule has 0 radical (unpaired) electrons. The number of nitrogens with zero attached hydrogens (tertiary/aromatic N) is 2. The highest BCUT2D eigenvalue weighted by Crippen LogP contribution is 2.25. The maximum Gasteiger partial charge on any atom is 0.247 e. The molecule has 3 nitrogen and oxygen atoms in total. The fourth-order valence-electron chi connectivity index (χ4n) is 1.70.